The highest BCUT2D eigenvalue weighted by atomic mass is 32.2. The maximum atomic E-state index is 12.9. The predicted octanol–water partition coefficient (Wildman–Crippen LogP) is 2.95. The van der Waals surface area contributed by atoms with E-state index in [0.717, 1.165) is 30.0 Å². The van der Waals surface area contributed by atoms with Crippen LogP contribution in [0.15, 0.2) is 36.4 Å². The van der Waals surface area contributed by atoms with Gasteiger partial charge in [-0.25, -0.2) is 13.4 Å². The van der Waals surface area contributed by atoms with Crippen LogP contribution in [0.5, 0.6) is 0 Å². The van der Waals surface area contributed by atoms with Gasteiger partial charge in [0.15, 0.2) is 15.7 Å². The van der Waals surface area contributed by atoms with E-state index in [0.29, 0.717) is 36.9 Å². The molecule has 190 valence electrons. The fourth-order valence-electron chi connectivity index (χ4n) is 6.07. The molecule has 1 aromatic heterocycles. The molecule has 2 amide bonds. The molecule has 6 rings (SSSR count). The van der Waals surface area contributed by atoms with Gasteiger partial charge in [0.1, 0.15) is 16.6 Å². The molecule has 0 bridgehead atoms. The van der Waals surface area contributed by atoms with Crippen LogP contribution in [0, 0.1) is 0 Å². The smallest absolute Gasteiger partial charge is 0.253 e. The normalized spacial score (nSPS) is 24.3. The Kier molecular flexibility index (Phi) is 5.30. The molecule has 4 heterocycles. The van der Waals surface area contributed by atoms with Gasteiger partial charge in [0.05, 0.1) is 11.4 Å². The number of hydrogen-bond donors (Lipinski definition) is 1. The summed E-state index contributed by atoms with van der Waals surface area (Å²) in [5.74, 6) is 1.67. The summed E-state index contributed by atoms with van der Waals surface area (Å²) >= 11 is 0. The molecule has 2 saturated heterocycles. The predicted molar refractivity (Wildman–Crippen MR) is 139 cm³/mol. The van der Waals surface area contributed by atoms with Crippen LogP contribution in [0.1, 0.15) is 49.4 Å². The average molecular weight is 510 g/mol. The van der Waals surface area contributed by atoms with Crippen molar-refractivity contribution in [1.82, 2.24) is 9.88 Å². The minimum Gasteiger partial charge on any atom is -0.340 e. The third-order valence-electron chi connectivity index (χ3n) is 8.42. The molecule has 4 aliphatic rings. The summed E-state index contributed by atoms with van der Waals surface area (Å²) in [4.78, 5) is 36.1. The molecule has 0 radical (unpaired) electrons. The molecule has 0 unspecified atom stereocenters. The number of carbonyl (C=O) groups excluding carboxylic acids is 2. The number of rotatable bonds is 4. The van der Waals surface area contributed by atoms with E-state index in [1.807, 2.05) is 31.2 Å². The van der Waals surface area contributed by atoms with Crippen LogP contribution >= 0.6 is 0 Å². The quantitative estimate of drug-likeness (QED) is 0.676. The number of anilines is 4. The van der Waals surface area contributed by atoms with Crippen molar-refractivity contribution in [1.29, 1.82) is 0 Å². The van der Waals surface area contributed by atoms with Gasteiger partial charge < -0.3 is 20.0 Å². The Morgan fingerprint density at radius 1 is 1.08 bits per heavy atom. The van der Waals surface area contributed by atoms with Crippen molar-refractivity contribution in [2.45, 2.75) is 55.9 Å². The number of sulfone groups is 1. The number of hydrogen-bond acceptors (Lipinski definition) is 7. The summed E-state index contributed by atoms with van der Waals surface area (Å²) in [6.45, 7) is 2.54. The Bertz CT molecular complexity index is 1330. The second-order valence-corrected chi connectivity index (χ2v) is 13.1. The highest BCUT2D eigenvalue weighted by Crippen LogP contribution is 2.43. The SMILES string of the molecule is C[C@@H]1C(=O)N(C)c2ccc(Nc3ccc(C(=O)N4CC5(CCS5(=O)=O)C4)cc3)nc2N1C1CCCC1. The lowest BCUT2D eigenvalue weighted by molar-refractivity contribution is -0.119. The molecule has 9 nitrogen and oxygen atoms in total. The third-order valence-corrected chi connectivity index (χ3v) is 10.9. The number of aromatic nitrogens is 1. The van der Waals surface area contributed by atoms with E-state index < -0.39 is 14.6 Å². The van der Waals surface area contributed by atoms with Gasteiger partial charge in [0.2, 0.25) is 5.91 Å². The van der Waals surface area contributed by atoms with Crippen molar-refractivity contribution in [2.24, 2.45) is 0 Å². The van der Waals surface area contributed by atoms with Gasteiger partial charge in [-0.15, -0.1) is 0 Å². The largest absolute Gasteiger partial charge is 0.340 e. The van der Waals surface area contributed by atoms with E-state index in [4.69, 9.17) is 4.98 Å². The first-order valence-corrected chi connectivity index (χ1v) is 14.3. The molecule has 1 atom stereocenters. The third kappa shape index (κ3) is 3.48. The van der Waals surface area contributed by atoms with Crippen LogP contribution in [0.4, 0.5) is 23.0 Å². The van der Waals surface area contributed by atoms with Crippen LogP contribution in [0.2, 0.25) is 0 Å². The molecule has 1 N–H and O–H groups in total. The lowest BCUT2D eigenvalue weighted by atomic mass is 9.93. The van der Waals surface area contributed by atoms with Crippen molar-refractivity contribution in [3.63, 3.8) is 0 Å². The number of fused-ring (bicyclic) bond motifs is 1. The number of nitrogens with one attached hydrogen (secondary N) is 1. The van der Waals surface area contributed by atoms with Crippen LogP contribution in [0.25, 0.3) is 0 Å². The van der Waals surface area contributed by atoms with Gasteiger partial charge in [0.25, 0.3) is 5.91 Å². The minimum atomic E-state index is -3.04. The number of nitrogens with zero attached hydrogens (tertiary/aromatic N) is 4. The average Bonchev–Trinajstić information content (AvgIpc) is 3.36. The zero-order valence-electron chi connectivity index (χ0n) is 20.6. The van der Waals surface area contributed by atoms with E-state index in [-0.39, 0.29) is 23.6 Å². The van der Waals surface area contributed by atoms with E-state index in [9.17, 15) is 18.0 Å². The number of likely N-dealkylation sites (N-methyl/N-ethyl adjacent to an activating group) is 1. The Morgan fingerprint density at radius 3 is 2.39 bits per heavy atom. The Morgan fingerprint density at radius 2 is 1.78 bits per heavy atom. The fourth-order valence-corrected chi connectivity index (χ4v) is 7.89. The zero-order chi connectivity index (χ0) is 25.2. The van der Waals surface area contributed by atoms with Crippen LogP contribution in [-0.4, -0.2) is 72.8 Å². The number of benzene rings is 1. The second-order valence-electron chi connectivity index (χ2n) is 10.6. The highest BCUT2D eigenvalue weighted by molar-refractivity contribution is 7.94. The van der Waals surface area contributed by atoms with Crippen molar-refractivity contribution in [2.75, 3.05) is 41.0 Å². The monoisotopic (exact) mass is 509 g/mol. The minimum absolute atomic E-state index is 0.0835. The van der Waals surface area contributed by atoms with Crippen LogP contribution in [-0.2, 0) is 14.6 Å². The van der Waals surface area contributed by atoms with Gasteiger partial charge in [-0.05, 0) is 62.6 Å². The summed E-state index contributed by atoms with van der Waals surface area (Å²) in [5.41, 5.74) is 2.14. The summed E-state index contributed by atoms with van der Waals surface area (Å²) in [5, 5.41) is 3.33. The Balaban J connectivity index is 1.18. The molecule has 1 saturated carbocycles. The molecule has 1 spiro atoms. The number of amides is 2. The highest BCUT2D eigenvalue weighted by Gasteiger charge is 2.60. The van der Waals surface area contributed by atoms with Crippen LogP contribution in [0.3, 0.4) is 0 Å². The van der Waals surface area contributed by atoms with Crippen molar-refractivity contribution >= 4 is 44.7 Å². The van der Waals surface area contributed by atoms with Crippen molar-refractivity contribution in [3.8, 4) is 0 Å². The van der Waals surface area contributed by atoms with Crippen molar-refractivity contribution in [3.05, 3.63) is 42.0 Å². The molecule has 1 aliphatic carbocycles. The lowest BCUT2D eigenvalue weighted by Gasteiger charge is -2.54. The van der Waals surface area contributed by atoms with Gasteiger partial charge in [-0.2, -0.15) is 0 Å². The second kappa shape index (κ2) is 8.19. The number of pyridine rings is 1. The van der Waals surface area contributed by atoms with Gasteiger partial charge >= 0.3 is 0 Å². The summed E-state index contributed by atoms with van der Waals surface area (Å²) in [6, 6.07) is 11.0. The van der Waals surface area contributed by atoms with Crippen LogP contribution < -0.4 is 15.1 Å². The zero-order valence-corrected chi connectivity index (χ0v) is 21.4. The lowest BCUT2D eigenvalue weighted by Crippen LogP contribution is -2.72. The molecule has 2 aromatic rings. The van der Waals surface area contributed by atoms with Gasteiger partial charge in [0, 0.05) is 37.4 Å². The van der Waals surface area contributed by atoms with E-state index in [2.05, 4.69) is 10.2 Å². The molecule has 1 aromatic carbocycles. The Hall–Kier alpha value is -3.14. The first-order chi connectivity index (χ1) is 17.2. The molecule has 10 heteroatoms. The summed E-state index contributed by atoms with van der Waals surface area (Å²) < 4.78 is 23.3. The maximum Gasteiger partial charge on any atom is 0.253 e. The van der Waals surface area contributed by atoms with E-state index in [1.54, 1.807) is 29.0 Å². The molecular formula is C26H31N5O4S. The first-order valence-electron chi connectivity index (χ1n) is 12.6. The van der Waals surface area contributed by atoms with Gasteiger partial charge in [-0.3, -0.25) is 9.59 Å². The van der Waals surface area contributed by atoms with E-state index in [1.165, 1.54) is 12.8 Å². The fraction of sp³-hybridized carbons (Fsp3) is 0.500. The number of carbonyl (C=O) groups is 2. The van der Waals surface area contributed by atoms with Crippen molar-refractivity contribution < 1.29 is 18.0 Å². The topological polar surface area (TPSA) is 103 Å². The maximum absolute atomic E-state index is 12.9. The molecule has 36 heavy (non-hydrogen) atoms. The summed E-state index contributed by atoms with van der Waals surface area (Å²) in [7, 11) is -1.24. The molecular weight excluding hydrogens is 478 g/mol. The summed E-state index contributed by atoms with van der Waals surface area (Å²) in [6.07, 6.45) is 5.13. The standard InChI is InChI=1S/C26H31N5O4S/c1-17-24(32)29(2)21-11-12-22(28-23(21)31(17)20-5-3-4-6-20)27-19-9-7-18(8-10-19)25(33)30-15-26(16-30)13-14-36(26,34)35/h7-12,17,20H,3-6,13-16H2,1-2H3,(H,27,28)/t17-/m1/s1. The Labute approximate surface area is 211 Å². The first kappa shape index (κ1) is 23.3. The van der Waals surface area contributed by atoms with E-state index >= 15 is 0 Å². The molecule has 3 fully saturated rings. The van der Waals surface area contributed by atoms with Gasteiger partial charge in [-0.1, -0.05) is 12.8 Å². The molecule has 3 aliphatic heterocycles. The number of likely N-dealkylation sites (tertiary alicyclic amines) is 1.